The molecule has 0 atom stereocenters. The molecule has 116 valence electrons. The number of rotatable bonds is 8. The lowest BCUT2D eigenvalue weighted by molar-refractivity contribution is -0.385. The fourth-order valence-corrected chi connectivity index (χ4v) is 1.66. The van der Waals surface area contributed by atoms with Gasteiger partial charge in [-0.05, 0) is 26.0 Å². The fraction of sp³-hybridized carbons (Fsp3) is 0.462. The summed E-state index contributed by atoms with van der Waals surface area (Å²) in [5.74, 6) is -1.47. The summed E-state index contributed by atoms with van der Waals surface area (Å²) in [6.07, 6.45) is -0.636. The van der Waals surface area contributed by atoms with Gasteiger partial charge in [0.05, 0.1) is 17.5 Å². The fourth-order valence-electron chi connectivity index (χ4n) is 1.66. The van der Waals surface area contributed by atoms with E-state index in [1.807, 2.05) is 0 Å². The van der Waals surface area contributed by atoms with Crippen molar-refractivity contribution in [1.82, 2.24) is 5.32 Å². The Morgan fingerprint density at radius 2 is 2.00 bits per heavy atom. The van der Waals surface area contributed by atoms with Gasteiger partial charge in [-0.15, -0.1) is 0 Å². The second-order valence-electron chi connectivity index (χ2n) is 3.97. The number of nitro benzene ring substituents is 1. The van der Waals surface area contributed by atoms with Crippen LogP contribution in [0.4, 0.5) is 10.1 Å². The summed E-state index contributed by atoms with van der Waals surface area (Å²) >= 11 is 0. The predicted molar refractivity (Wildman–Crippen MR) is 72.4 cm³/mol. The second-order valence-corrected chi connectivity index (χ2v) is 3.97. The number of benzene rings is 1. The van der Waals surface area contributed by atoms with E-state index in [1.165, 1.54) is 0 Å². The molecule has 0 radical (unpaired) electrons. The molecular weight excluding hydrogens is 283 g/mol. The van der Waals surface area contributed by atoms with Gasteiger partial charge in [0.1, 0.15) is 11.4 Å². The van der Waals surface area contributed by atoms with Crippen LogP contribution in [0.3, 0.4) is 0 Å². The summed E-state index contributed by atoms with van der Waals surface area (Å²) in [4.78, 5) is 22.0. The lowest BCUT2D eigenvalue weighted by Gasteiger charge is -2.17. The van der Waals surface area contributed by atoms with E-state index >= 15 is 0 Å². The van der Waals surface area contributed by atoms with E-state index in [4.69, 9.17) is 9.47 Å². The molecule has 1 aromatic rings. The normalized spacial score (nSPS) is 10.7. The molecular formula is C13H17FN2O5. The lowest BCUT2D eigenvalue weighted by Crippen LogP contribution is -2.35. The van der Waals surface area contributed by atoms with Crippen molar-refractivity contribution in [3.63, 3.8) is 0 Å². The van der Waals surface area contributed by atoms with Crippen molar-refractivity contribution in [2.45, 2.75) is 20.1 Å². The Morgan fingerprint density at radius 3 is 2.52 bits per heavy atom. The summed E-state index contributed by atoms with van der Waals surface area (Å²) in [6.45, 7) is 4.39. The molecule has 0 aliphatic carbocycles. The maximum absolute atomic E-state index is 13.0. The van der Waals surface area contributed by atoms with Crippen molar-refractivity contribution >= 4 is 11.6 Å². The van der Waals surface area contributed by atoms with Gasteiger partial charge in [0.25, 0.3) is 11.6 Å². The van der Waals surface area contributed by atoms with Crippen LogP contribution < -0.4 is 5.32 Å². The highest BCUT2D eigenvalue weighted by Crippen LogP contribution is 2.19. The first-order valence-corrected chi connectivity index (χ1v) is 6.44. The minimum Gasteiger partial charge on any atom is -0.351 e. The number of hydrogen-bond donors (Lipinski definition) is 1. The molecule has 1 amide bonds. The van der Waals surface area contributed by atoms with Crippen LogP contribution in [-0.4, -0.2) is 36.9 Å². The number of hydrogen-bond acceptors (Lipinski definition) is 5. The third-order valence-electron chi connectivity index (χ3n) is 2.54. The molecule has 1 rings (SSSR count). The molecule has 0 heterocycles. The van der Waals surface area contributed by atoms with Crippen LogP contribution in [0, 0.1) is 15.9 Å². The van der Waals surface area contributed by atoms with Crippen LogP contribution in [0.5, 0.6) is 0 Å². The first-order valence-electron chi connectivity index (χ1n) is 6.44. The minimum absolute atomic E-state index is 0.0368. The van der Waals surface area contributed by atoms with Gasteiger partial charge in [-0.25, -0.2) is 4.39 Å². The Kier molecular flexibility index (Phi) is 6.70. The van der Waals surface area contributed by atoms with E-state index in [-0.39, 0.29) is 12.1 Å². The van der Waals surface area contributed by atoms with Gasteiger partial charge in [-0.3, -0.25) is 14.9 Å². The first kappa shape index (κ1) is 17.0. The first-order chi connectivity index (χ1) is 9.99. The molecule has 8 heteroatoms. The van der Waals surface area contributed by atoms with Gasteiger partial charge in [0.15, 0.2) is 6.29 Å². The number of nitrogens with zero attached hydrogens (tertiary/aromatic N) is 1. The summed E-state index contributed by atoms with van der Waals surface area (Å²) in [5.41, 5.74) is -0.801. The van der Waals surface area contributed by atoms with Gasteiger partial charge in [0.2, 0.25) is 0 Å². The molecule has 1 aromatic carbocycles. The Morgan fingerprint density at radius 1 is 1.38 bits per heavy atom. The van der Waals surface area contributed by atoms with E-state index in [2.05, 4.69) is 5.32 Å². The third-order valence-corrected chi connectivity index (χ3v) is 2.54. The highest BCUT2D eigenvalue weighted by molar-refractivity contribution is 5.98. The second kappa shape index (κ2) is 8.28. The van der Waals surface area contributed by atoms with E-state index < -0.39 is 28.6 Å². The van der Waals surface area contributed by atoms with Crippen molar-refractivity contribution in [3.8, 4) is 0 Å². The van der Waals surface area contributed by atoms with Crippen molar-refractivity contribution in [2.24, 2.45) is 0 Å². The number of ether oxygens (including phenoxy) is 2. The SMILES string of the molecule is CCOC(CNC(=O)c1ccc(F)cc1[N+](=O)[O-])OCC. The molecule has 0 fully saturated rings. The van der Waals surface area contributed by atoms with Crippen molar-refractivity contribution < 1.29 is 23.6 Å². The molecule has 0 saturated carbocycles. The quantitative estimate of drug-likeness (QED) is 0.449. The number of amides is 1. The molecule has 7 nitrogen and oxygen atoms in total. The predicted octanol–water partition coefficient (Wildman–Crippen LogP) is 1.86. The molecule has 1 N–H and O–H groups in total. The smallest absolute Gasteiger partial charge is 0.285 e. The maximum Gasteiger partial charge on any atom is 0.285 e. The molecule has 0 aromatic heterocycles. The van der Waals surface area contributed by atoms with E-state index in [0.29, 0.717) is 19.3 Å². The van der Waals surface area contributed by atoms with Crippen LogP contribution >= 0.6 is 0 Å². The standard InChI is InChI=1S/C13H17FN2O5/c1-3-20-12(21-4-2)8-15-13(17)10-6-5-9(14)7-11(10)16(18)19/h5-7,12H,3-4,8H2,1-2H3,(H,15,17). The van der Waals surface area contributed by atoms with Crippen LogP contribution in [-0.2, 0) is 9.47 Å². The molecule has 0 aliphatic rings. The zero-order chi connectivity index (χ0) is 15.8. The maximum atomic E-state index is 13.0. The van der Waals surface area contributed by atoms with Crippen LogP contribution in [0.25, 0.3) is 0 Å². The number of nitrogens with one attached hydrogen (secondary N) is 1. The summed E-state index contributed by atoms with van der Waals surface area (Å²) in [7, 11) is 0. The minimum atomic E-state index is -0.805. The van der Waals surface area contributed by atoms with Crippen molar-refractivity contribution in [1.29, 1.82) is 0 Å². The molecule has 0 spiro atoms. The average molecular weight is 300 g/mol. The number of carbonyl (C=O) groups is 1. The lowest BCUT2D eigenvalue weighted by atomic mass is 10.1. The Hall–Kier alpha value is -2.06. The molecule has 0 saturated heterocycles. The molecule has 0 unspecified atom stereocenters. The Labute approximate surface area is 121 Å². The van der Waals surface area contributed by atoms with Crippen LogP contribution in [0.1, 0.15) is 24.2 Å². The average Bonchev–Trinajstić information content (AvgIpc) is 2.44. The van der Waals surface area contributed by atoms with Gasteiger partial charge in [-0.1, -0.05) is 0 Å². The van der Waals surface area contributed by atoms with Gasteiger partial charge >= 0.3 is 0 Å². The van der Waals surface area contributed by atoms with Crippen LogP contribution in [0.2, 0.25) is 0 Å². The van der Waals surface area contributed by atoms with E-state index in [1.54, 1.807) is 13.8 Å². The monoisotopic (exact) mass is 300 g/mol. The highest BCUT2D eigenvalue weighted by atomic mass is 19.1. The number of carbonyl (C=O) groups excluding carboxylic acids is 1. The topological polar surface area (TPSA) is 90.7 Å². The Bertz CT molecular complexity index is 503. The Balaban J connectivity index is 2.77. The van der Waals surface area contributed by atoms with Crippen LogP contribution in [0.15, 0.2) is 18.2 Å². The number of nitro groups is 1. The van der Waals surface area contributed by atoms with E-state index in [9.17, 15) is 19.3 Å². The van der Waals surface area contributed by atoms with Gasteiger partial charge in [-0.2, -0.15) is 0 Å². The third kappa shape index (κ3) is 5.09. The zero-order valence-electron chi connectivity index (χ0n) is 11.8. The molecule has 0 bridgehead atoms. The van der Waals surface area contributed by atoms with Gasteiger partial charge in [0, 0.05) is 13.2 Å². The van der Waals surface area contributed by atoms with Gasteiger partial charge < -0.3 is 14.8 Å². The highest BCUT2D eigenvalue weighted by Gasteiger charge is 2.21. The van der Waals surface area contributed by atoms with Crippen molar-refractivity contribution in [3.05, 3.63) is 39.7 Å². The summed E-state index contributed by atoms with van der Waals surface area (Å²) in [6, 6.07) is 2.77. The summed E-state index contributed by atoms with van der Waals surface area (Å²) < 4.78 is 23.5. The summed E-state index contributed by atoms with van der Waals surface area (Å²) in [5, 5.41) is 13.3. The molecule has 21 heavy (non-hydrogen) atoms. The van der Waals surface area contributed by atoms with Crippen molar-refractivity contribution in [2.75, 3.05) is 19.8 Å². The van der Waals surface area contributed by atoms with E-state index in [0.717, 1.165) is 12.1 Å². The zero-order valence-corrected chi connectivity index (χ0v) is 11.8. The molecule has 0 aliphatic heterocycles. The largest absolute Gasteiger partial charge is 0.351 e. The number of halogens is 1.